The summed E-state index contributed by atoms with van der Waals surface area (Å²) in [4.78, 5) is 4.60. The Hall–Kier alpha value is -2.45. The van der Waals surface area contributed by atoms with Crippen LogP contribution in [0.5, 0.6) is 0 Å². The average Bonchev–Trinajstić information content (AvgIpc) is 3.07. The summed E-state index contributed by atoms with van der Waals surface area (Å²) >= 11 is 6.15. The molecule has 0 amide bonds. The molecule has 0 saturated heterocycles. The van der Waals surface area contributed by atoms with Gasteiger partial charge >= 0.3 is 0 Å². The molecule has 125 valence electrons. The summed E-state index contributed by atoms with van der Waals surface area (Å²) in [6.07, 6.45) is 0.888. The van der Waals surface area contributed by atoms with E-state index in [-0.39, 0.29) is 6.04 Å². The Bertz CT molecular complexity index is 820. The standard InChI is InChI=1S/C22H20ClN2/c23-16-15-20(18-9-3-1-4-10-18)25-17-24(19-11-5-2-6-12-19)21-13-7-8-14-22(21)25/h1-14,17,20H,15-16H2/t20-/m0/s1. The van der Waals surface area contributed by atoms with Gasteiger partial charge in [0.2, 0.25) is 0 Å². The Morgan fingerprint density at radius 2 is 1.32 bits per heavy atom. The first-order valence-corrected chi connectivity index (χ1v) is 9.09. The van der Waals surface area contributed by atoms with E-state index in [1.807, 2.05) is 6.07 Å². The number of para-hydroxylation sites is 3. The molecule has 3 heteroatoms. The lowest BCUT2D eigenvalue weighted by atomic mass is 10.0. The van der Waals surface area contributed by atoms with Crippen LogP contribution in [0.4, 0.5) is 17.1 Å². The Balaban J connectivity index is 1.75. The molecule has 0 aliphatic carbocycles. The van der Waals surface area contributed by atoms with Crippen molar-refractivity contribution in [2.24, 2.45) is 0 Å². The number of hydrogen-bond acceptors (Lipinski definition) is 2. The lowest BCUT2D eigenvalue weighted by molar-refractivity contribution is 0.655. The van der Waals surface area contributed by atoms with Crippen LogP contribution in [0.2, 0.25) is 0 Å². The van der Waals surface area contributed by atoms with Crippen LogP contribution in [0.3, 0.4) is 0 Å². The van der Waals surface area contributed by atoms with Crippen LogP contribution in [-0.2, 0) is 0 Å². The van der Waals surface area contributed by atoms with Crippen molar-refractivity contribution < 1.29 is 0 Å². The molecule has 1 aliphatic heterocycles. The van der Waals surface area contributed by atoms with E-state index in [0.717, 1.165) is 12.1 Å². The molecule has 2 nitrogen and oxygen atoms in total. The molecule has 0 N–H and O–H groups in total. The van der Waals surface area contributed by atoms with Crippen LogP contribution in [0, 0.1) is 6.67 Å². The highest BCUT2D eigenvalue weighted by Gasteiger charge is 2.32. The summed E-state index contributed by atoms with van der Waals surface area (Å²) in [5, 5.41) is 0. The smallest absolute Gasteiger partial charge is 0.147 e. The third kappa shape index (κ3) is 3.10. The highest BCUT2D eigenvalue weighted by Crippen LogP contribution is 2.46. The fraction of sp³-hybridized carbons (Fsp3) is 0.136. The molecule has 1 aliphatic rings. The van der Waals surface area contributed by atoms with E-state index >= 15 is 0 Å². The van der Waals surface area contributed by atoms with Crippen molar-refractivity contribution in [2.45, 2.75) is 12.5 Å². The second-order valence-electron chi connectivity index (χ2n) is 6.12. The van der Waals surface area contributed by atoms with Gasteiger partial charge in [-0.05, 0) is 36.2 Å². The minimum absolute atomic E-state index is 0.216. The SMILES string of the molecule is ClCC[C@@H](c1ccccc1)N1[CH]N(c2ccccc2)c2ccccc21. The van der Waals surface area contributed by atoms with Gasteiger partial charge in [0.25, 0.3) is 0 Å². The molecule has 1 heterocycles. The largest absolute Gasteiger partial charge is 0.339 e. The van der Waals surface area contributed by atoms with Gasteiger partial charge in [-0.1, -0.05) is 60.7 Å². The maximum atomic E-state index is 6.15. The number of anilines is 3. The molecule has 3 aromatic carbocycles. The summed E-state index contributed by atoms with van der Waals surface area (Å²) in [6, 6.07) is 29.8. The minimum atomic E-state index is 0.216. The number of alkyl halides is 1. The molecule has 0 fully saturated rings. The second-order valence-corrected chi connectivity index (χ2v) is 6.50. The number of nitrogens with zero attached hydrogens (tertiary/aromatic N) is 2. The van der Waals surface area contributed by atoms with Crippen molar-refractivity contribution in [1.29, 1.82) is 0 Å². The van der Waals surface area contributed by atoms with Gasteiger partial charge in [0.15, 0.2) is 0 Å². The molecule has 3 aromatic rings. The maximum Gasteiger partial charge on any atom is 0.147 e. The van der Waals surface area contributed by atoms with E-state index in [1.165, 1.54) is 16.9 Å². The molecule has 0 unspecified atom stereocenters. The van der Waals surface area contributed by atoms with Gasteiger partial charge < -0.3 is 9.80 Å². The van der Waals surface area contributed by atoms with Gasteiger partial charge in [0.05, 0.1) is 17.4 Å². The number of fused-ring (bicyclic) bond motifs is 1. The fourth-order valence-corrected chi connectivity index (χ4v) is 3.63. The highest BCUT2D eigenvalue weighted by atomic mass is 35.5. The van der Waals surface area contributed by atoms with Crippen molar-refractivity contribution in [3.63, 3.8) is 0 Å². The summed E-state index contributed by atoms with van der Waals surface area (Å²) in [5.74, 6) is 0.622. The molecule has 4 rings (SSSR count). The Kier molecular flexibility index (Phi) is 4.62. The van der Waals surface area contributed by atoms with Crippen molar-refractivity contribution in [2.75, 3.05) is 15.7 Å². The fourth-order valence-electron chi connectivity index (χ4n) is 3.42. The molecule has 0 saturated carbocycles. The van der Waals surface area contributed by atoms with Gasteiger partial charge in [-0.25, -0.2) is 0 Å². The number of rotatable bonds is 5. The molecule has 0 spiro atoms. The molecule has 0 bridgehead atoms. The van der Waals surface area contributed by atoms with Gasteiger partial charge in [0, 0.05) is 11.6 Å². The van der Waals surface area contributed by atoms with E-state index in [2.05, 4.69) is 95.3 Å². The Morgan fingerprint density at radius 3 is 2.00 bits per heavy atom. The molecule has 25 heavy (non-hydrogen) atoms. The van der Waals surface area contributed by atoms with Crippen molar-refractivity contribution >= 4 is 28.7 Å². The van der Waals surface area contributed by atoms with Crippen LogP contribution in [0.25, 0.3) is 0 Å². The summed E-state index contributed by atoms with van der Waals surface area (Å²) in [7, 11) is 0. The van der Waals surface area contributed by atoms with Gasteiger partial charge in [0.1, 0.15) is 6.67 Å². The van der Waals surface area contributed by atoms with Crippen LogP contribution >= 0.6 is 11.6 Å². The summed E-state index contributed by atoms with van der Waals surface area (Å²) in [5.41, 5.74) is 4.86. The van der Waals surface area contributed by atoms with Gasteiger partial charge in [-0.3, -0.25) is 0 Å². The van der Waals surface area contributed by atoms with Crippen LogP contribution < -0.4 is 9.80 Å². The second kappa shape index (κ2) is 7.20. The van der Waals surface area contributed by atoms with Crippen LogP contribution in [0.15, 0.2) is 84.9 Å². The summed E-state index contributed by atoms with van der Waals surface area (Å²) in [6.45, 7) is 2.20. The van der Waals surface area contributed by atoms with Crippen molar-refractivity contribution in [1.82, 2.24) is 0 Å². The summed E-state index contributed by atoms with van der Waals surface area (Å²) < 4.78 is 0. The first-order chi connectivity index (χ1) is 12.4. The molecule has 0 aromatic heterocycles. The predicted molar refractivity (Wildman–Crippen MR) is 106 cm³/mol. The van der Waals surface area contributed by atoms with Crippen molar-refractivity contribution in [3.8, 4) is 0 Å². The predicted octanol–water partition coefficient (Wildman–Crippen LogP) is 6.13. The topological polar surface area (TPSA) is 6.48 Å². The zero-order valence-corrected chi connectivity index (χ0v) is 14.7. The Morgan fingerprint density at radius 1 is 0.720 bits per heavy atom. The van der Waals surface area contributed by atoms with Crippen LogP contribution in [-0.4, -0.2) is 5.88 Å². The van der Waals surface area contributed by atoms with Gasteiger partial charge in [-0.15, -0.1) is 11.6 Å². The quantitative estimate of drug-likeness (QED) is 0.512. The maximum absolute atomic E-state index is 6.15. The molecular formula is C22H20ClN2. The van der Waals surface area contributed by atoms with E-state index in [4.69, 9.17) is 11.6 Å². The number of hydrogen-bond donors (Lipinski definition) is 0. The van der Waals surface area contributed by atoms with Crippen molar-refractivity contribution in [3.05, 3.63) is 97.2 Å². The van der Waals surface area contributed by atoms with Gasteiger partial charge in [-0.2, -0.15) is 0 Å². The van der Waals surface area contributed by atoms with E-state index in [1.54, 1.807) is 0 Å². The third-order valence-electron chi connectivity index (χ3n) is 4.60. The molecule has 1 atom stereocenters. The highest BCUT2D eigenvalue weighted by molar-refractivity contribution is 6.17. The lowest BCUT2D eigenvalue weighted by Crippen LogP contribution is -2.27. The van der Waals surface area contributed by atoms with E-state index in [0.29, 0.717) is 5.88 Å². The number of benzene rings is 3. The van der Waals surface area contributed by atoms with E-state index < -0.39 is 0 Å². The lowest BCUT2D eigenvalue weighted by Gasteiger charge is -2.30. The Labute approximate surface area is 154 Å². The van der Waals surface area contributed by atoms with Crippen LogP contribution in [0.1, 0.15) is 18.0 Å². The molecular weight excluding hydrogens is 328 g/mol. The zero-order chi connectivity index (χ0) is 17.1. The first-order valence-electron chi connectivity index (χ1n) is 8.56. The first kappa shape index (κ1) is 16.0. The number of halogens is 1. The minimum Gasteiger partial charge on any atom is -0.339 e. The van der Waals surface area contributed by atoms with E-state index in [9.17, 15) is 0 Å². The third-order valence-corrected chi connectivity index (χ3v) is 4.81. The molecule has 1 radical (unpaired) electrons. The normalized spacial score (nSPS) is 14.4. The zero-order valence-electron chi connectivity index (χ0n) is 13.9. The monoisotopic (exact) mass is 347 g/mol. The average molecular weight is 348 g/mol.